The third-order valence-corrected chi connectivity index (χ3v) is 4.53. The van der Waals surface area contributed by atoms with Gasteiger partial charge in [0.25, 0.3) is 0 Å². The Hall–Kier alpha value is -0.0800. The van der Waals surface area contributed by atoms with Gasteiger partial charge in [-0.25, -0.2) is 0 Å². The van der Waals surface area contributed by atoms with Crippen molar-refractivity contribution in [2.24, 2.45) is 28.9 Å². The number of fused-ring (bicyclic) bond motifs is 2. The van der Waals surface area contributed by atoms with Crippen molar-refractivity contribution >= 4 is 0 Å². The van der Waals surface area contributed by atoms with E-state index in [1.54, 1.807) is 7.11 Å². The molecule has 2 nitrogen and oxygen atoms in total. The Kier molecular flexibility index (Phi) is 2.16. The summed E-state index contributed by atoms with van der Waals surface area (Å²) in [5.41, 5.74) is 6.65. The smallest absolute Gasteiger partial charge is 0.0508 e. The highest BCUT2D eigenvalue weighted by atomic mass is 16.5. The van der Waals surface area contributed by atoms with Gasteiger partial charge in [0.05, 0.1) is 6.61 Å². The van der Waals surface area contributed by atoms with Crippen LogP contribution in [-0.4, -0.2) is 19.8 Å². The number of nitrogens with two attached hydrogens (primary N) is 1. The summed E-state index contributed by atoms with van der Waals surface area (Å²) < 4.78 is 5.26. The zero-order valence-electron chi connectivity index (χ0n) is 8.92. The number of ether oxygens (including phenoxy) is 1. The fourth-order valence-electron chi connectivity index (χ4n) is 3.42. The topological polar surface area (TPSA) is 35.2 Å². The van der Waals surface area contributed by atoms with Crippen LogP contribution in [0.5, 0.6) is 0 Å². The monoisotopic (exact) mass is 183 g/mol. The molecule has 76 valence electrons. The highest BCUT2D eigenvalue weighted by Crippen LogP contribution is 2.60. The number of hydrogen-bond donors (Lipinski definition) is 1. The molecule has 0 spiro atoms. The SMILES string of the molecule is COC[C@H]1[C@H](N)C[C@@H]2C[C@H]1C2(C)C. The predicted octanol–water partition coefficient (Wildman–Crippen LogP) is 1.64. The molecule has 0 amide bonds. The average molecular weight is 183 g/mol. The van der Waals surface area contributed by atoms with Gasteiger partial charge < -0.3 is 10.5 Å². The second kappa shape index (κ2) is 2.96. The van der Waals surface area contributed by atoms with Crippen LogP contribution in [0, 0.1) is 23.2 Å². The van der Waals surface area contributed by atoms with Gasteiger partial charge in [0.2, 0.25) is 0 Å². The van der Waals surface area contributed by atoms with Crippen molar-refractivity contribution in [2.75, 3.05) is 13.7 Å². The van der Waals surface area contributed by atoms with Crippen LogP contribution in [0.3, 0.4) is 0 Å². The normalized spacial score (nSPS) is 47.1. The fraction of sp³-hybridized carbons (Fsp3) is 1.00. The van der Waals surface area contributed by atoms with Gasteiger partial charge >= 0.3 is 0 Å². The van der Waals surface area contributed by atoms with E-state index < -0.39 is 0 Å². The second-order valence-electron chi connectivity index (χ2n) is 5.38. The molecule has 2 N–H and O–H groups in total. The van der Waals surface area contributed by atoms with Crippen molar-refractivity contribution in [3.05, 3.63) is 0 Å². The van der Waals surface area contributed by atoms with Crippen molar-refractivity contribution < 1.29 is 4.74 Å². The molecule has 0 aromatic carbocycles. The van der Waals surface area contributed by atoms with Crippen LogP contribution < -0.4 is 5.73 Å². The predicted molar refractivity (Wildman–Crippen MR) is 53.3 cm³/mol. The van der Waals surface area contributed by atoms with Gasteiger partial charge in [0.1, 0.15) is 0 Å². The Labute approximate surface area is 80.8 Å². The second-order valence-corrected chi connectivity index (χ2v) is 5.38. The first-order valence-electron chi connectivity index (χ1n) is 5.32. The van der Waals surface area contributed by atoms with E-state index in [1.807, 2.05) is 0 Å². The highest BCUT2D eigenvalue weighted by molar-refractivity contribution is 5.07. The van der Waals surface area contributed by atoms with Crippen LogP contribution in [-0.2, 0) is 4.74 Å². The quantitative estimate of drug-likeness (QED) is 0.706. The molecule has 3 aliphatic rings. The summed E-state index contributed by atoms with van der Waals surface area (Å²) in [6, 6.07) is 0.386. The Bertz CT molecular complexity index is 202. The molecular weight excluding hydrogens is 162 g/mol. The summed E-state index contributed by atoms with van der Waals surface area (Å²) in [7, 11) is 1.78. The maximum Gasteiger partial charge on any atom is 0.0508 e. The van der Waals surface area contributed by atoms with Crippen molar-refractivity contribution in [3.63, 3.8) is 0 Å². The van der Waals surface area contributed by atoms with Crippen LogP contribution in [0.2, 0.25) is 0 Å². The first-order chi connectivity index (χ1) is 6.07. The molecule has 3 saturated carbocycles. The molecule has 3 rings (SSSR count). The zero-order valence-corrected chi connectivity index (χ0v) is 8.92. The molecule has 0 saturated heterocycles. The van der Waals surface area contributed by atoms with Crippen LogP contribution in [0.25, 0.3) is 0 Å². The van der Waals surface area contributed by atoms with E-state index in [0.29, 0.717) is 17.4 Å². The van der Waals surface area contributed by atoms with Crippen molar-refractivity contribution in [3.8, 4) is 0 Å². The Morgan fingerprint density at radius 1 is 1.38 bits per heavy atom. The number of rotatable bonds is 2. The molecule has 0 heterocycles. The molecule has 2 bridgehead atoms. The van der Waals surface area contributed by atoms with E-state index in [1.165, 1.54) is 12.8 Å². The van der Waals surface area contributed by atoms with E-state index in [9.17, 15) is 0 Å². The van der Waals surface area contributed by atoms with E-state index in [4.69, 9.17) is 10.5 Å². The summed E-state index contributed by atoms with van der Waals surface area (Å²) >= 11 is 0. The maximum atomic E-state index is 6.13. The molecule has 0 aromatic heterocycles. The minimum atomic E-state index is 0.386. The molecule has 13 heavy (non-hydrogen) atoms. The summed E-state index contributed by atoms with van der Waals surface area (Å²) in [6.45, 7) is 5.63. The molecule has 3 aliphatic carbocycles. The largest absolute Gasteiger partial charge is 0.384 e. The summed E-state index contributed by atoms with van der Waals surface area (Å²) in [6.07, 6.45) is 2.59. The summed E-state index contributed by atoms with van der Waals surface area (Å²) in [4.78, 5) is 0. The fourth-order valence-corrected chi connectivity index (χ4v) is 3.42. The van der Waals surface area contributed by atoms with Crippen LogP contribution >= 0.6 is 0 Å². The third kappa shape index (κ3) is 1.23. The number of hydrogen-bond acceptors (Lipinski definition) is 2. The Morgan fingerprint density at radius 3 is 2.62 bits per heavy atom. The van der Waals surface area contributed by atoms with Crippen molar-refractivity contribution in [1.82, 2.24) is 0 Å². The van der Waals surface area contributed by atoms with Crippen LogP contribution in [0.4, 0.5) is 0 Å². The Balaban J connectivity index is 2.08. The third-order valence-electron chi connectivity index (χ3n) is 4.53. The molecule has 0 aromatic rings. The zero-order chi connectivity index (χ0) is 9.64. The number of methoxy groups -OCH3 is 1. The molecule has 4 atom stereocenters. The molecule has 2 heteroatoms. The lowest BCUT2D eigenvalue weighted by Crippen LogP contribution is -2.60. The lowest BCUT2D eigenvalue weighted by molar-refractivity contribution is -0.129. The van der Waals surface area contributed by atoms with E-state index in [2.05, 4.69) is 13.8 Å². The molecule has 0 aliphatic heterocycles. The van der Waals surface area contributed by atoms with Gasteiger partial charge in [-0.05, 0) is 30.1 Å². The van der Waals surface area contributed by atoms with Gasteiger partial charge in [-0.15, -0.1) is 0 Å². The van der Waals surface area contributed by atoms with Crippen molar-refractivity contribution in [1.29, 1.82) is 0 Å². The molecular formula is C11H21NO. The van der Waals surface area contributed by atoms with Gasteiger partial charge in [-0.2, -0.15) is 0 Å². The van der Waals surface area contributed by atoms with Crippen LogP contribution in [0.15, 0.2) is 0 Å². The van der Waals surface area contributed by atoms with Gasteiger partial charge in [0.15, 0.2) is 0 Å². The van der Waals surface area contributed by atoms with Crippen molar-refractivity contribution in [2.45, 2.75) is 32.7 Å². The summed E-state index contributed by atoms with van der Waals surface area (Å²) in [5.74, 6) is 2.28. The Morgan fingerprint density at radius 2 is 2.08 bits per heavy atom. The average Bonchev–Trinajstić information content (AvgIpc) is 2.08. The van der Waals surface area contributed by atoms with Gasteiger partial charge in [0, 0.05) is 19.1 Å². The lowest BCUT2D eigenvalue weighted by atomic mass is 9.44. The first kappa shape index (κ1) is 9.47. The highest BCUT2D eigenvalue weighted by Gasteiger charge is 2.56. The standard InChI is InChI=1S/C11H21NO/c1-11(2)7-4-9(11)8(6-13-3)10(12)5-7/h7-10H,4-6,12H2,1-3H3/t7-,8+,9+,10+/m0/s1. The van der Waals surface area contributed by atoms with E-state index >= 15 is 0 Å². The van der Waals surface area contributed by atoms with E-state index in [-0.39, 0.29) is 0 Å². The van der Waals surface area contributed by atoms with Crippen LogP contribution in [0.1, 0.15) is 26.7 Å². The minimum Gasteiger partial charge on any atom is -0.384 e. The molecule has 0 unspecified atom stereocenters. The van der Waals surface area contributed by atoms with E-state index in [0.717, 1.165) is 18.4 Å². The first-order valence-corrected chi connectivity index (χ1v) is 5.32. The minimum absolute atomic E-state index is 0.386. The van der Waals surface area contributed by atoms with Gasteiger partial charge in [-0.1, -0.05) is 13.8 Å². The lowest BCUT2D eigenvalue weighted by Gasteiger charge is -2.62. The van der Waals surface area contributed by atoms with Gasteiger partial charge in [-0.3, -0.25) is 0 Å². The maximum absolute atomic E-state index is 6.13. The summed E-state index contributed by atoms with van der Waals surface area (Å²) in [5, 5.41) is 0. The molecule has 0 radical (unpaired) electrons. The molecule has 3 fully saturated rings.